The van der Waals surface area contributed by atoms with Gasteiger partial charge in [-0.3, -0.25) is 9.59 Å². The van der Waals surface area contributed by atoms with E-state index in [1.165, 1.54) is 21.5 Å². The third-order valence-electron chi connectivity index (χ3n) is 7.09. The Kier molecular flexibility index (Phi) is 13.4. The summed E-state index contributed by atoms with van der Waals surface area (Å²) >= 11 is 0. The first kappa shape index (κ1) is 33.2. The molecule has 0 aliphatic rings. The highest BCUT2D eigenvalue weighted by molar-refractivity contribution is 7.95. The molecule has 0 spiro atoms. The number of ether oxygens (including phenoxy) is 2. The number of hydrogen-bond donors (Lipinski definition) is 1. The maximum Gasteiger partial charge on any atom is 0.305 e. The second-order valence-corrected chi connectivity index (χ2v) is 13.3. The van der Waals surface area contributed by atoms with Crippen LogP contribution in [-0.2, 0) is 20.4 Å². The van der Waals surface area contributed by atoms with Crippen LogP contribution in [-0.4, -0.2) is 37.7 Å². The Balaban J connectivity index is 0.00000484. The van der Waals surface area contributed by atoms with Crippen molar-refractivity contribution in [1.82, 2.24) is 5.32 Å². The number of nitrogens with one attached hydrogen (secondary N) is 1. The first-order valence-electron chi connectivity index (χ1n) is 14.2. The van der Waals surface area contributed by atoms with Crippen molar-refractivity contribution in [2.24, 2.45) is 0 Å². The highest BCUT2D eigenvalue weighted by atomic mass is 79.9. The van der Waals surface area contributed by atoms with Gasteiger partial charge in [-0.1, -0.05) is 66.7 Å². The van der Waals surface area contributed by atoms with Crippen LogP contribution in [0.4, 0.5) is 0 Å². The Morgan fingerprint density at radius 3 is 1.67 bits per heavy atom. The largest absolute Gasteiger partial charge is 1.00 e. The first-order valence-corrected chi connectivity index (χ1v) is 16.2. The van der Waals surface area contributed by atoms with Crippen LogP contribution in [0.2, 0.25) is 0 Å². The van der Waals surface area contributed by atoms with Gasteiger partial charge in [0.15, 0.2) is 0 Å². The van der Waals surface area contributed by atoms with E-state index in [-0.39, 0.29) is 41.3 Å². The van der Waals surface area contributed by atoms with E-state index in [1.807, 2.05) is 19.1 Å². The normalized spacial score (nSPS) is 11.7. The summed E-state index contributed by atoms with van der Waals surface area (Å²) in [6.07, 6.45) is 1.52. The second-order valence-electron chi connectivity index (χ2n) is 9.84. The molecule has 0 fully saturated rings. The second kappa shape index (κ2) is 17.0. The van der Waals surface area contributed by atoms with Crippen molar-refractivity contribution in [3.05, 3.63) is 126 Å². The lowest BCUT2D eigenvalue weighted by Gasteiger charge is -2.28. The summed E-state index contributed by atoms with van der Waals surface area (Å²) < 4.78 is 10.6. The molecule has 1 N–H and O–H groups in total. The molecule has 5 nitrogen and oxygen atoms in total. The van der Waals surface area contributed by atoms with Gasteiger partial charge < -0.3 is 31.8 Å². The molecular weight excluding hydrogens is 609 g/mol. The Bertz CT molecular complexity index is 1270. The number of esters is 1. The molecule has 42 heavy (non-hydrogen) atoms. The number of hydrogen-bond acceptors (Lipinski definition) is 4. The summed E-state index contributed by atoms with van der Waals surface area (Å²) in [6.45, 7) is 4.92. The summed E-state index contributed by atoms with van der Waals surface area (Å²) in [6, 6.07) is 40.0. The van der Waals surface area contributed by atoms with Gasteiger partial charge in [0.2, 0.25) is 0 Å². The van der Waals surface area contributed by atoms with E-state index >= 15 is 0 Å². The minimum atomic E-state index is -2.03. The molecule has 7 heteroatoms. The molecule has 220 valence electrons. The molecule has 4 aromatic rings. The SMILES string of the molecule is CCOCC(CCC(=O)OCC)NC(=O)c1ccc(C[P+](c2ccccc2)(c2ccccc2)c2ccccc2)cc1.[Br-]. The fraction of sp³-hybridized carbons (Fsp3) is 0.257. The van der Waals surface area contributed by atoms with Gasteiger partial charge >= 0.3 is 5.97 Å². The van der Waals surface area contributed by atoms with Crippen LogP contribution in [0, 0.1) is 0 Å². The average molecular weight is 649 g/mol. The van der Waals surface area contributed by atoms with Gasteiger partial charge in [0.1, 0.15) is 23.2 Å². The van der Waals surface area contributed by atoms with E-state index in [9.17, 15) is 9.59 Å². The van der Waals surface area contributed by atoms with Crippen molar-refractivity contribution in [3.8, 4) is 0 Å². The molecule has 0 saturated heterocycles. The predicted molar refractivity (Wildman–Crippen MR) is 169 cm³/mol. The number of benzene rings is 4. The van der Waals surface area contributed by atoms with Crippen molar-refractivity contribution in [2.75, 3.05) is 19.8 Å². The standard InChI is InChI=1S/C35H38NO4P.BrH/c1-3-39-26-30(24-25-34(37)40-4-2)36-35(38)29-22-20-28(21-23-29)27-41(31-14-8-5-9-15-31,32-16-10-6-11-17-32)33-18-12-7-13-19-33;/h5-23,30H,3-4,24-27H2,1-2H3;1H. The van der Waals surface area contributed by atoms with Crippen LogP contribution in [0.5, 0.6) is 0 Å². The smallest absolute Gasteiger partial charge is 0.305 e. The molecule has 1 amide bonds. The summed E-state index contributed by atoms with van der Waals surface area (Å²) in [4.78, 5) is 25.0. The Hall–Kier alpha value is -3.31. The molecule has 1 unspecified atom stereocenters. The fourth-order valence-corrected chi connectivity index (χ4v) is 9.30. The molecule has 0 aliphatic heterocycles. The lowest BCUT2D eigenvalue weighted by molar-refractivity contribution is -0.143. The van der Waals surface area contributed by atoms with Crippen LogP contribution in [0.15, 0.2) is 115 Å². The van der Waals surface area contributed by atoms with Gasteiger partial charge in [0.05, 0.1) is 25.4 Å². The number of carbonyl (C=O) groups is 2. The summed E-state index contributed by atoms with van der Waals surface area (Å²) in [5, 5.41) is 7.00. The van der Waals surface area contributed by atoms with Gasteiger partial charge in [0, 0.05) is 18.6 Å². The topological polar surface area (TPSA) is 64.6 Å². The molecule has 0 bridgehead atoms. The molecule has 1 atom stereocenters. The quantitative estimate of drug-likeness (QED) is 0.169. The van der Waals surface area contributed by atoms with Crippen LogP contribution in [0.1, 0.15) is 42.6 Å². The van der Waals surface area contributed by atoms with Crippen molar-refractivity contribution in [1.29, 1.82) is 0 Å². The van der Waals surface area contributed by atoms with Crippen molar-refractivity contribution < 1.29 is 36.0 Å². The highest BCUT2D eigenvalue weighted by Crippen LogP contribution is 2.58. The van der Waals surface area contributed by atoms with Crippen molar-refractivity contribution in [2.45, 2.75) is 38.9 Å². The van der Waals surface area contributed by atoms with E-state index in [0.717, 1.165) is 6.16 Å². The molecule has 4 aromatic carbocycles. The minimum Gasteiger partial charge on any atom is -1.00 e. The summed E-state index contributed by atoms with van der Waals surface area (Å²) in [5.41, 5.74) is 1.74. The Morgan fingerprint density at radius 1 is 0.714 bits per heavy atom. The first-order chi connectivity index (χ1) is 20.1. The van der Waals surface area contributed by atoms with Crippen LogP contribution in [0.25, 0.3) is 0 Å². The van der Waals surface area contributed by atoms with Crippen molar-refractivity contribution in [3.63, 3.8) is 0 Å². The van der Waals surface area contributed by atoms with Crippen molar-refractivity contribution >= 4 is 35.1 Å². The molecule has 0 aliphatic carbocycles. The zero-order valence-electron chi connectivity index (χ0n) is 24.2. The monoisotopic (exact) mass is 647 g/mol. The summed E-state index contributed by atoms with van der Waals surface area (Å²) in [7, 11) is -2.03. The van der Waals surface area contributed by atoms with E-state index in [4.69, 9.17) is 9.47 Å². The average Bonchev–Trinajstić information content (AvgIpc) is 3.03. The van der Waals surface area contributed by atoms with E-state index in [1.54, 1.807) is 6.92 Å². The molecule has 0 radical (unpaired) electrons. The predicted octanol–water partition coefficient (Wildman–Crippen LogP) is 2.66. The minimum absolute atomic E-state index is 0. The maximum atomic E-state index is 13.2. The Labute approximate surface area is 260 Å². The van der Waals surface area contributed by atoms with E-state index < -0.39 is 7.26 Å². The highest BCUT2D eigenvalue weighted by Gasteiger charge is 2.45. The third-order valence-corrected chi connectivity index (χ3v) is 11.5. The third kappa shape index (κ3) is 8.61. The van der Waals surface area contributed by atoms with Gasteiger partial charge in [-0.2, -0.15) is 0 Å². The van der Waals surface area contributed by atoms with Gasteiger partial charge in [0.25, 0.3) is 5.91 Å². The van der Waals surface area contributed by atoms with E-state index in [2.05, 4.69) is 108 Å². The van der Waals surface area contributed by atoms with Crippen LogP contribution < -0.4 is 38.2 Å². The van der Waals surface area contributed by atoms with Crippen LogP contribution >= 0.6 is 7.26 Å². The van der Waals surface area contributed by atoms with Gasteiger partial charge in [-0.25, -0.2) is 0 Å². The number of carbonyl (C=O) groups excluding carboxylic acids is 2. The molecule has 4 rings (SSSR count). The molecular formula is C35H39BrNO4P. The zero-order chi connectivity index (χ0) is 28.9. The van der Waals surface area contributed by atoms with Gasteiger partial charge in [-0.15, -0.1) is 0 Å². The molecule has 0 saturated carbocycles. The van der Waals surface area contributed by atoms with Crippen LogP contribution in [0.3, 0.4) is 0 Å². The number of rotatable bonds is 14. The zero-order valence-corrected chi connectivity index (χ0v) is 26.7. The number of halogens is 1. The maximum absolute atomic E-state index is 13.2. The lowest BCUT2D eigenvalue weighted by Crippen LogP contribution is -3.00. The number of amides is 1. The Morgan fingerprint density at radius 2 is 1.21 bits per heavy atom. The fourth-order valence-electron chi connectivity index (χ4n) is 5.06. The summed E-state index contributed by atoms with van der Waals surface area (Å²) in [5.74, 6) is -0.449. The lowest BCUT2D eigenvalue weighted by atomic mass is 10.1. The molecule has 0 aromatic heterocycles. The van der Waals surface area contributed by atoms with Gasteiger partial charge in [-0.05, 0) is 74.4 Å². The molecule has 0 heterocycles. The van der Waals surface area contributed by atoms with E-state index in [0.29, 0.717) is 31.8 Å².